The molecule has 2 nitrogen and oxygen atoms in total. The molecule has 0 amide bonds. The highest BCUT2D eigenvalue weighted by atomic mass is 16.5. The zero-order valence-corrected chi connectivity index (χ0v) is 10.9. The fraction of sp³-hybridized carbons (Fsp3) is 0.250. The molecule has 2 heteroatoms. The van der Waals surface area contributed by atoms with Crippen molar-refractivity contribution in [1.29, 1.82) is 0 Å². The van der Waals surface area contributed by atoms with Crippen LogP contribution in [-0.2, 0) is 11.3 Å². The molecule has 18 heavy (non-hydrogen) atoms. The molecule has 1 unspecified atom stereocenters. The molecule has 2 N–H and O–H groups in total. The molecule has 0 aliphatic heterocycles. The third-order valence-corrected chi connectivity index (χ3v) is 3.25. The smallest absolute Gasteiger partial charge is 0.0801 e. The Morgan fingerprint density at radius 3 is 2.50 bits per heavy atom. The standard InChI is InChI=1S/C16H19NO/c1-12-15(9-6-10-16(12)17)11-18-13(2)14-7-4-3-5-8-14/h3-10,13H,11,17H2,1-2H3. The first-order valence-electron chi connectivity index (χ1n) is 6.19. The monoisotopic (exact) mass is 241 g/mol. The molecule has 0 heterocycles. The van der Waals surface area contributed by atoms with E-state index in [0.29, 0.717) is 6.61 Å². The molecule has 0 spiro atoms. The van der Waals surface area contributed by atoms with Crippen LogP contribution in [0.25, 0.3) is 0 Å². The molecular weight excluding hydrogens is 222 g/mol. The Hall–Kier alpha value is -1.80. The molecule has 2 rings (SSSR count). The van der Waals surface area contributed by atoms with E-state index < -0.39 is 0 Å². The van der Waals surface area contributed by atoms with Gasteiger partial charge < -0.3 is 10.5 Å². The van der Waals surface area contributed by atoms with Gasteiger partial charge in [0, 0.05) is 5.69 Å². The third kappa shape index (κ3) is 2.90. The molecule has 1 atom stereocenters. The van der Waals surface area contributed by atoms with Gasteiger partial charge in [0.2, 0.25) is 0 Å². The number of nitrogens with two attached hydrogens (primary N) is 1. The van der Waals surface area contributed by atoms with Gasteiger partial charge in [-0.05, 0) is 36.6 Å². The van der Waals surface area contributed by atoms with Crippen LogP contribution in [0.2, 0.25) is 0 Å². The lowest BCUT2D eigenvalue weighted by atomic mass is 10.1. The summed E-state index contributed by atoms with van der Waals surface area (Å²) < 4.78 is 5.89. The van der Waals surface area contributed by atoms with E-state index in [1.54, 1.807) is 0 Å². The fourth-order valence-electron chi connectivity index (χ4n) is 1.89. The summed E-state index contributed by atoms with van der Waals surface area (Å²) in [5, 5.41) is 0. The zero-order valence-electron chi connectivity index (χ0n) is 10.9. The average molecular weight is 241 g/mol. The van der Waals surface area contributed by atoms with E-state index in [4.69, 9.17) is 10.5 Å². The van der Waals surface area contributed by atoms with Gasteiger partial charge in [-0.2, -0.15) is 0 Å². The lowest BCUT2D eigenvalue weighted by Gasteiger charge is -2.15. The molecule has 0 bridgehead atoms. The lowest BCUT2D eigenvalue weighted by molar-refractivity contribution is 0.0523. The Balaban J connectivity index is 2.02. The number of benzene rings is 2. The summed E-state index contributed by atoms with van der Waals surface area (Å²) in [6, 6.07) is 16.2. The first-order valence-corrected chi connectivity index (χ1v) is 6.19. The van der Waals surface area contributed by atoms with Gasteiger partial charge in [0.25, 0.3) is 0 Å². The Labute approximate surface area is 108 Å². The maximum atomic E-state index is 5.89. The molecule has 0 radical (unpaired) electrons. The van der Waals surface area contributed by atoms with Gasteiger partial charge in [0.15, 0.2) is 0 Å². The van der Waals surface area contributed by atoms with Crippen LogP contribution in [0, 0.1) is 6.92 Å². The number of nitrogen functional groups attached to an aromatic ring is 1. The van der Waals surface area contributed by atoms with Crippen LogP contribution in [-0.4, -0.2) is 0 Å². The molecule has 0 saturated carbocycles. The predicted octanol–water partition coefficient (Wildman–Crippen LogP) is 3.86. The van der Waals surface area contributed by atoms with E-state index in [-0.39, 0.29) is 6.10 Å². The van der Waals surface area contributed by atoms with E-state index in [2.05, 4.69) is 25.1 Å². The van der Waals surface area contributed by atoms with Gasteiger partial charge in [0.1, 0.15) is 0 Å². The van der Waals surface area contributed by atoms with Crippen LogP contribution in [0.4, 0.5) is 5.69 Å². The fourth-order valence-corrected chi connectivity index (χ4v) is 1.89. The average Bonchev–Trinajstić information content (AvgIpc) is 2.41. The largest absolute Gasteiger partial charge is 0.399 e. The molecule has 0 aromatic heterocycles. The first kappa shape index (κ1) is 12.7. The van der Waals surface area contributed by atoms with Crippen LogP contribution in [0.5, 0.6) is 0 Å². The minimum Gasteiger partial charge on any atom is -0.399 e. The minimum atomic E-state index is 0.0898. The second-order valence-corrected chi connectivity index (χ2v) is 4.50. The molecule has 0 aliphatic carbocycles. The predicted molar refractivity (Wildman–Crippen MR) is 75.2 cm³/mol. The maximum absolute atomic E-state index is 5.89. The maximum Gasteiger partial charge on any atom is 0.0801 e. The van der Waals surface area contributed by atoms with Crippen LogP contribution in [0.3, 0.4) is 0 Å². The summed E-state index contributed by atoms with van der Waals surface area (Å²) in [6.07, 6.45) is 0.0898. The summed E-state index contributed by atoms with van der Waals surface area (Å²) >= 11 is 0. The molecule has 0 aliphatic rings. The van der Waals surface area contributed by atoms with Crippen molar-refractivity contribution < 1.29 is 4.74 Å². The van der Waals surface area contributed by atoms with Crippen molar-refractivity contribution in [3.05, 3.63) is 65.2 Å². The van der Waals surface area contributed by atoms with E-state index in [0.717, 1.165) is 16.8 Å². The van der Waals surface area contributed by atoms with E-state index >= 15 is 0 Å². The van der Waals surface area contributed by atoms with Gasteiger partial charge in [-0.1, -0.05) is 42.5 Å². The Morgan fingerprint density at radius 1 is 1.06 bits per heavy atom. The van der Waals surface area contributed by atoms with E-state index in [9.17, 15) is 0 Å². The first-order chi connectivity index (χ1) is 8.68. The van der Waals surface area contributed by atoms with Crippen molar-refractivity contribution >= 4 is 5.69 Å². The molecule has 2 aromatic rings. The van der Waals surface area contributed by atoms with E-state index in [1.807, 2.05) is 37.3 Å². The summed E-state index contributed by atoms with van der Waals surface area (Å²) in [5.74, 6) is 0. The zero-order chi connectivity index (χ0) is 13.0. The van der Waals surface area contributed by atoms with Gasteiger partial charge in [-0.25, -0.2) is 0 Å². The van der Waals surface area contributed by atoms with Crippen LogP contribution in [0.15, 0.2) is 48.5 Å². The van der Waals surface area contributed by atoms with Crippen LogP contribution in [0.1, 0.15) is 29.7 Å². The summed E-state index contributed by atoms with van der Waals surface area (Å²) in [5.41, 5.74) is 10.2. The van der Waals surface area contributed by atoms with Crippen molar-refractivity contribution in [2.45, 2.75) is 26.6 Å². The minimum absolute atomic E-state index is 0.0898. The summed E-state index contributed by atoms with van der Waals surface area (Å²) in [4.78, 5) is 0. The third-order valence-electron chi connectivity index (χ3n) is 3.25. The van der Waals surface area contributed by atoms with Crippen molar-refractivity contribution in [3.63, 3.8) is 0 Å². The Morgan fingerprint density at radius 2 is 1.78 bits per heavy atom. The number of rotatable bonds is 4. The molecule has 0 saturated heterocycles. The number of hydrogen-bond donors (Lipinski definition) is 1. The van der Waals surface area contributed by atoms with Gasteiger partial charge in [-0.3, -0.25) is 0 Å². The highest BCUT2D eigenvalue weighted by molar-refractivity contribution is 5.49. The molecular formula is C16H19NO. The lowest BCUT2D eigenvalue weighted by Crippen LogP contribution is -2.02. The number of anilines is 1. The number of ether oxygens (including phenoxy) is 1. The normalized spacial score (nSPS) is 12.3. The number of hydrogen-bond acceptors (Lipinski definition) is 2. The van der Waals surface area contributed by atoms with Crippen molar-refractivity contribution in [3.8, 4) is 0 Å². The van der Waals surface area contributed by atoms with Gasteiger partial charge in [0.05, 0.1) is 12.7 Å². The Bertz CT molecular complexity index is 508. The second kappa shape index (κ2) is 5.69. The highest BCUT2D eigenvalue weighted by Crippen LogP contribution is 2.21. The van der Waals surface area contributed by atoms with Crippen LogP contribution < -0.4 is 5.73 Å². The topological polar surface area (TPSA) is 35.2 Å². The van der Waals surface area contributed by atoms with E-state index in [1.165, 1.54) is 5.56 Å². The van der Waals surface area contributed by atoms with Crippen molar-refractivity contribution in [1.82, 2.24) is 0 Å². The molecule has 2 aromatic carbocycles. The van der Waals surface area contributed by atoms with Crippen molar-refractivity contribution in [2.24, 2.45) is 0 Å². The Kier molecular flexibility index (Phi) is 4.00. The van der Waals surface area contributed by atoms with Gasteiger partial charge in [-0.15, -0.1) is 0 Å². The quantitative estimate of drug-likeness (QED) is 0.825. The van der Waals surface area contributed by atoms with Crippen molar-refractivity contribution in [2.75, 3.05) is 5.73 Å². The molecule has 94 valence electrons. The van der Waals surface area contributed by atoms with Gasteiger partial charge >= 0.3 is 0 Å². The summed E-state index contributed by atoms with van der Waals surface area (Å²) in [6.45, 7) is 4.69. The SMILES string of the molecule is Cc1c(N)cccc1COC(C)c1ccccc1. The highest BCUT2D eigenvalue weighted by Gasteiger charge is 2.07. The second-order valence-electron chi connectivity index (χ2n) is 4.50. The summed E-state index contributed by atoms with van der Waals surface area (Å²) in [7, 11) is 0. The molecule has 0 fully saturated rings. The van der Waals surface area contributed by atoms with Crippen LogP contribution >= 0.6 is 0 Å².